The van der Waals surface area contributed by atoms with E-state index in [1.165, 1.54) is 49.7 Å². The number of aliphatic carboxylic acids is 1. The summed E-state index contributed by atoms with van der Waals surface area (Å²) >= 11 is 1.65. The summed E-state index contributed by atoms with van der Waals surface area (Å²) in [6.07, 6.45) is 12.1. The van der Waals surface area contributed by atoms with Gasteiger partial charge in [0, 0.05) is 22.6 Å². The molecule has 0 saturated heterocycles. The lowest BCUT2D eigenvalue weighted by atomic mass is 9.96. The highest BCUT2D eigenvalue weighted by molar-refractivity contribution is 7.99. The Hall–Kier alpha value is -3.06. The van der Waals surface area contributed by atoms with Crippen LogP contribution in [0.5, 0.6) is 0 Å². The van der Waals surface area contributed by atoms with Crippen LogP contribution in [-0.2, 0) is 11.2 Å². The maximum Gasteiger partial charge on any atom is 0.371 e. The predicted molar refractivity (Wildman–Crippen MR) is 152 cm³/mol. The van der Waals surface area contributed by atoms with Gasteiger partial charge in [0.1, 0.15) is 5.58 Å². The number of unbranched alkanes of at least 4 members (excludes halogenated alkanes) is 7. The van der Waals surface area contributed by atoms with Gasteiger partial charge in [-0.25, -0.2) is 4.79 Å². The Morgan fingerprint density at radius 2 is 1.63 bits per heavy atom. The smallest absolute Gasteiger partial charge is 0.371 e. The third-order valence-electron chi connectivity index (χ3n) is 6.75. The molecule has 7 heteroatoms. The minimum Gasteiger partial charge on any atom is -0.481 e. The lowest BCUT2D eigenvalue weighted by Crippen LogP contribution is -2.06. The zero-order valence-electron chi connectivity index (χ0n) is 22.1. The van der Waals surface area contributed by atoms with Gasteiger partial charge in [-0.15, -0.1) is 11.8 Å². The minimum atomic E-state index is -1.28. The third kappa shape index (κ3) is 9.05. The first kappa shape index (κ1) is 29.5. The number of hydrogen-bond acceptors (Lipinski definition) is 5. The van der Waals surface area contributed by atoms with Crippen molar-refractivity contribution in [2.24, 2.45) is 0 Å². The van der Waals surface area contributed by atoms with E-state index < -0.39 is 11.9 Å². The second kappa shape index (κ2) is 15.4. The maximum absolute atomic E-state index is 12.4. The first-order valence-electron chi connectivity index (χ1n) is 13.7. The largest absolute Gasteiger partial charge is 0.481 e. The van der Waals surface area contributed by atoms with Crippen molar-refractivity contribution in [2.45, 2.75) is 94.1 Å². The summed E-state index contributed by atoms with van der Waals surface area (Å²) in [7, 11) is 0. The Balaban J connectivity index is 1.80. The summed E-state index contributed by atoms with van der Waals surface area (Å²) in [5.41, 5.74) is 2.43. The van der Waals surface area contributed by atoms with E-state index in [2.05, 4.69) is 25.1 Å². The molecule has 0 aliphatic heterocycles. The van der Waals surface area contributed by atoms with Gasteiger partial charge in [-0.3, -0.25) is 9.59 Å². The Morgan fingerprint density at radius 1 is 0.895 bits per heavy atom. The van der Waals surface area contributed by atoms with Crippen LogP contribution >= 0.6 is 11.8 Å². The minimum absolute atomic E-state index is 0.0939. The highest BCUT2D eigenvalue weighted by Crippen LogP contribution is 2.41. The monoisotopic (exact) mass is 538 g/mol. The molecule has 0 bridgehead atoms. The number of benzene rings is 2. The van der Waals surface area contributed by atoms with E-state index in [0.717, 1.165) is 36.6 Å². The van der Waals surface area contributed by atoms with Gasteiger partial charge in [-0.05, 0) is 55.0 Å². The molecule has 3 rings (SSSR count). The molecule has 1 atom stereocenters. The molecule has 2 N–H and O–H groups in total. The van der Waals surface area contributed by atoms with Crippen LogP contribution in [0.25, 0.3) is 11.0 Å². The van der Waals surface area contributed by atoms with Gasteiger partial charge >= 0.3 is 11.9 Å². The van der Waals surface area contributed by atoms with E-state index in [4.69, 9.17) is 9.52 Å². The fraction of sp³-hybridized carbons (Fsp3) is 0.452. The Morgan fingerprint density at radius 3 is 2.37 bits per heavy atom. The molecule has 0 amide bonds. The zero-order chi connectivity index (χ0) is 27.3. The van der Waals surface area contributed by atoms with Gasteiger partial charge in [0.05, 0.1) is 5.39 Å². The Bertz CT molecular complexity index is 1260. The maximum atomic E-state index is 12.4. The normalized spacial score (nSPS) is 12.0. The van der Waals surface area contributed by atoms with Crippen LogP contribution in [0.4, 0.5) is 0 Å². The quantitative estimate of drug-likeness (QED) is 0.132. The number of aryl methyl sites for hydroxylation is 1. The van der Waals surface area contributed by atoms with Crippen LogP contribution < -0.4 is 5.43 Å². The number of thioether (sulfide) groups is 1. The van der Waals surface area contributed by atoms with Crippen LogP contribution in [0.3, 0.4) is 0 Å². The zero-order valence-corrected chi connectivity index (χ0v) is 22.9. The van der Waals surface area contributed by atoms with E-state index in [0.29, 0.717) is 11.8 Å². The average molecular weight is 539 g/mol. The summed E-state index contributed by atoms with van der Waals surface area (Å²) in [5, 5.41) is 18.8. The van der Waals surface area contributed by atoms with E-state index in [1.54, 1.807) is 23.9 Å². The van der Waals surface area contributed by atoms with Gasteiger partial charge in [0.2, 0.25) is 5.76 Å². The molecule has 204 valence electrons. The molecule has 0 radical (unpaired) electrons. The number of carboxylic acid groups (broad SMARTS) is 2. The molecule has 6 nitrogen and oxygen atoms in total. The van der Waals surface area contributed by atoms with E-state index in [-0.39, 0.29) is 28.4 Å². The number of rotatable bonds is 17. The Kier molecular flexibility index (Phi) is 11.9. The molecule has 38 heavy (non-hydrogen) atoms. The molecule has 1 unspecified atom stereocenters. The summed E-state index contributed by atoms with van der Waals surface area (Å²) in [6.45, 7) is 2.23. The van der Waals surface area contributed by atoms with Crippen molar-refractivity contribution in [3.8, 4) is 0 Å². The standard InChI is InChI=1S/C31H38O6S/c1-2-3-4-5-6-7-8-13-22-14-9-10-15-24(22)29(16-11-12-17-30(33)34)38-23-18-19-25-26(32)21-28(31(35)36)37-27(25)20-23/h9-10,14-15,18-21,29H,2-8,11-13,16-17H2,1H3,(H,33,34)(H,35,36). The van der Waals surface area contributed by atoms with Gasteiger partial charge in [0.15, 0.2) is 5.43 Å². The summed E-state index contributed by atoms with van der Waals surface area (Å²) in [6, 6.07) is 14.8. The molecular weight excluding hydrogens is 500 g/mol. The summed E-state index contributed by atoms with van der Waals surface area (Å²) in [4.78, 5) is 35.6. The predicted octanol–water partition coefficient (Wildman–Crippen LogP) is 8.26. The molecule has 0 saturated carbocycles. The van der Waals surface area contributed by atoms with Crippen molar-refractivity contribution < 1.29 is 24.2 Å². The van der Waals surface area contributed by atoms with Crippen molar-refractivity contribution in [1.29, 1.82) is 0 Å². The van der Waals surface area contributed by atoms with Crippen LogP contribution in [-0.4, -0.2) is 22.2 Å². The molecule has 1 heterocycles. The molecule has 0 fully saturated rings. The fourth-order valence-corrected chi connectivity index (χ4v) is 6.00. The highest BCUT2D eigenvalue weighted by atomic mass is 32.2. The lowest BCUT2D eigenvalue weighted by molar-refractivity contribution is -0.137. The van der Waals surface area contributed by atoms with Crippen LogP contribution in [0.1, 0.15) is 104 Å². The molecule has 0 spiro atoms. The van der Waals surface area contributed by atoms with E-state index in [1.807, 2.05) is 12.1 Å². The van der Waals surface area contributed by atoms with E-state index >= 15 is 0 Å². The van der Waals surface area contributed by atoms with Crippen LogP contribution in [0.15, 0.2) is 62.6 Å². The lowest BCUT2D eigenvalue weighted by Gasteiger charge is -2.21. The molecule has 1 aromatic heterocycles. The Labute approximate surface area is 228 Å². The van der Waals surface area contributed by atoms with Crippen molar-refractivity contribution in [3.63, 3.8) is 0 Å². The topological polar surface area (TPSA) is 105 Å². The number of aromatic carboxylic acids is 1. The summed E-state index contributed by atoms with van der Waals surface area (Å²) < 4.78 is 5.50. The van der Waals surface area contributed by atoms with Gasteiger partial charge < -0.3 is 14.6 Å². The second-order valence-electron chi connectivity index (χ2n) is 9.75. The first-order chi connectivity index (χ1) is 18.4. The molecule has 2 aromatic carbocycles. The van der Waals surface area contributed by atoms with Crippen LogP contribution in [0, 0.1) is 0 Å². The van der Waals surface area contributed by atoms with Gasteiger partial charge in [0.25, 0.3) is 0 Å². The number of carbonyl (C=O) groups is 2. The average Bonchev–Trinajstić information content (AvgIpc) is 2.89. The second-order valence-corrected chi connectivity index (χ2v) is 11.0. The van der Waals surface area contributed by atoms with Crippen molar-refractivity contribution >= 4 is 34.7 Å². The van der Waals surface area contributed by atoms with Gasteiger partial charge in [-0.1, -0.05) is 76.1 Å². The third-order valence-corrected chi connectivity index (χ3v) is 8.05. The molecule has 0 aliphatic carbocycles. The number of hydrogen-bond donors (Lipinski definition) is 2. The van der Waals surface area contributed by atoms with Crippen LogP contribution in [0.2, 0.25) is 0 Å². The molecule has 3 aromatic rings. The van der Waals surface area contributed by atoms with Gasteiger partial charge in [-0.2, -0.15) is 0 Å². The van der Waals surface area contributed by atoms with Crippen molar-refractivity contribution in [1.82, 2.24) is 0 Å². The van der Waals surface area contributed by atoms with Crippen molar-refractivity contribution in [3.05, 3.63) is 75.6 Å². The highest BCUT2D eigenvalue weighted by Gasteiger charge is 2.18. The SMILES string of the molecule is CCCCCCCCCc1ccccc1C(CCCCC(=O)O)Sc1ccc2c(=O)cc(C(=O)O)oc2c1. The fourth-order valence-electron chi connectivity index (χ4n) is 4.71. The van der Waals surface area contributed by atoms with E-state index in [9.17, 15) is 19.5 Å². The van der Waals surface area contributed by atoms with Crippen molar-refractivity contribution in [2.75, 3.05) is 0 Å². The number of fused-ring (bicyclic) bond motifs is 1. The summed E-state index contributed by atoms with van der Waals surface area (Å²) in [5.74, 6) is -2.44. The molecular formula is C31H38O6S. The molecule has 0 aliphatic rings. The number of carboxylic acids is 2. The first-order valence-corrected chi connectivity index (χ1v) is 14.5.